The lowest BCUT2D eigenvalue weighted by molar-refractivity contribution is 0.258. The number of furan rings is 1. The zero-order chi connectivity index (χ0) is 18.2. The molecule has 144 valence electrons. The lowest BCUT2D eigenvalue weighted by Crippen LogP contribution is -2.41. The normalized spacial score (nSPS) is 12.5. The lowest BCUT2D eigenvalue weighted by Gasteiger charge is -2.23. The molecule has 0 amide bonds. The monoisotopic (exact) mass is 472 g/mol. The highest BCUT2D eigenvalue weighted by Gasteiger charge is 2.17. The van der Waals surface area contributed by atoms with Crippen molar-refractivity contribution in [1.29, 1.82) is 0 Å². The molecule has 0 saturated heterocycles. The predicted octanol–water partition coefficient (Wildman–Crippen LogP) is 3.18. The van der Waals surface area contributed by atoms with Gasteiger partial charge in [0, 0.05) is 25.7 Å². The summed E-state index contributed by atoms with van der Waals surface area (Å²) in [6.07, 6.45) is 1.70. The van der Waals surface area contributed by atoms with Gasteiger partial charge in [0.2, 0.25) is 0 Å². The number of halogens is 1. The molecule has 0 aliphatic rings. The largest absolute Gasteiger partial charge is 0.496 e. The fourth-order valence-corrected chi connectivity index (χ4v) is 2.61. The van der Waals surface area contributed by atoms with E-state index in [0.717, 1.165) is 23.0 Å². The van der Waals surface area contributed by atoms with Crippen LogP contribution in [0.3, 0.4) is 0 Å². The summed E-state index contributed by atoms with van der Waals surface area (Å²) >= 11 is 0. The topological polar surface area (TPSA) is 62.0 Å². The average molecular weight is 472 g/mol. The highest BCUT2D eigenvalue weighted by Crippen LogP contribution is 2.20. The molecule has 2 aromatic rings. The van der Waals surface area contributed by atoms with Gasteiger partial charge in [-0.2, -0.15) is 0 Å². The Bertz CT molecular complexity index is 687. The Morgan fingerprint density at radius 2 is 2.04 bits per heavy atom. The number of aryl methyl sites for hydroxylation is 1. The number of hydrogen-bond acceptors (Lipinski definition) is 4. The van der Waals surface area contributed by atoms with Crippen LogP contribution in [0.15, 0.2) is 46.0 Å². The summed E-state index contributed by atoms with van der Waals surface area (Å²) in [6, 6.07) is 10.2. The van der Waals surface area contributed by atoms with Crippen LogP contribution in [0.5, 0.6) is 5.75 Å². The molecule has 6 nitrogen and oxygen atoms in total. The molecule has 0 radical (unpaired) electrons. The summed E-state index contributed by atoms with van der Waals surface area (Å²) < 4.78 is 11.0. The van der Waals surface area contributed by atoms with Crippen molar-refractivity contribution >= 4 is 29.9 Å². The maximum atomic E-state index is 5.54. The van der Waals surface area contributed by atoms with Crippen molar-refractivity contribution in [3.05, 3.63) is 53.5 Å². The van der Waals surface area contributed by atoms with Gasteiger partial charge in [-0.25, -0.2) is 0 Å². The van der Waals surface area contributed by atoms with Crippen molar-refractivity contribution in [3.8, 4) is 5.75 Å². The van der Waals surface area contributed by atoms with Crippen LogP contribution in [0.2, 0.25) is 0 Å². The second-order valence-electron chi connectivity index (χ2n) is 6.12. The Kier molecular flexibility index (Phi) is 9.50. The molecule has 26 heavy (non-hydrogen) atoms. The summed E-state index contributed by atoms with van der Waals surface area (Å²) in [6.45, 7) is 3.37. The van der Waals surface area contributed by atoms with Crippen LogP contribution in [0.1, 0.15) is 22.9 Å². The van der Waals surface area contributed by atoms with E-state index in [2.05, 4.69) is 39.6 Å². The van der Waals surface area contributed by atoms with Crippen molar-refractivity contribution in [3.63, 3.8) is 0 Å². The molecule has 1 heterocycles. The molecular formula is C19H29IN4O2. The molecular weight excluding hydrogens is 443 g/mol. The maximum absolute atomic E-state index is 5.54. The third-order valence-electron chi connectivity index (χ3n) is 4.07. The van der Waals surface area contributed by atoms with Crippen molar-refractivity contribution in [2.75, 3.05) is 34.8 Å². The van der Waals surface area contributed by atoms with E-state index in [0.29, 0.717) is 13.1 Å². The van der Waals surface area contributed by atoms with Gasteiger partial charge in [-0.3, -0.25) is 9.89 Å². The van der Waals surface area contributed by atoms with Crippen LogP contribution < -0.4 is 15.4 Å². The molecule has 2 rings (SSSR count). The first-order chi connectivity index (χ1) is 12.0. The molecule has 7 heteroatoms. The Morgan fingerprint density at radius 3 is 2.62 bits per heavy atom. The standard InChI is InChI=1S/C19H28N4O2.HI/c1-14-8-9-15(18(11-14)24-5)12-21-19(20-2)22-13-16(23(3)4)17-7-6-10-25-17;/h6-11,16H,12-13H2,1-5H3,(H2,20,21,22);1H. The highest BCUT2D eigenvalue weighted by molar-refractivity contribution is 14.0. The number of ether oxygens (including phenoxy) is 1. The molecule has 1 aromatic heterocycles. The Labute approximate surface area is 173 Å². The number of nitrogens with zero attached hydrogens (tertiary/aromatic N) is 2. The third kappa shape index (κ3) is 6.21. The van der Waals surface area contributed by atoms with Gasteiger partial charge in [-0.05, 0) is 44.8 Å². The highest BCUT2D eigenvalue weighted by atomic mass is 127. The molecule has 2 N–H and O–H groups in total. The van der Waals surface area contributed by atoms with E-state index in [1.165, 1.54) is 5.56 Å². The number of aliphatic imine (C=N–C) groups is 1. The number of likely N-dealkylation sites (N-methyl/N-ethyl adjacent to an activating group) is 1. The molecule has 0 aliphatic heterocycles. The molecule has 0 fully saturated rings. The van der Waals surface area contributed by atoms with Crippen LogP contribution in [-0.4, -0.2) is 45.7 Å². The summed E-state index contributed by atoms with van der Waals surface area (Å²) in [4.78, 5) is 6.41. The van der Waals surface area contributed by atoms with Gasteiger partial charge in [0.05, 0.1) is 19.4 Å². The van der Waals surface area contributed by atoms with E-state index < -0.39 is 0 Å². The van der Waals surface area contributed by atoms with Gasteiger partial charge in [0.1, 0.15) is 11.5 Å². The van der Waals surface area contributed by atoms with Crippen LogP contribution in [0.4, 0.5) is 0 Å². The lowest BCUT2D eigenvalue weighted by atomic mass is 10.1. The number of nitrogens with one attached hydrogen (secondary N) is 2. The van der Waals surface area contributed by atoms with Crippen molar-refractivity contribution in [2.45, 2.75) is 19.5 Å². The van der Waals surface area contributed by atoms with Crippen molar-refractivity contribution < 1.29 is 9.15 Å². The third-order valence-corrected chi connectivity index (χ3v) is 4.07. The number of hydrogen-bond donors (Lipinski definition) is 2. The molecule has 0 aliphatic carbocycles. The molecule has 0 saturated carbocycles. The first-order valence-corrected chi connectivity index (χ1v) is 8.33. The second-order valence-corrected chi connectivity index (χ2v) is 6.12. The predicted molar refractivity (Wildman–Crippen MR) is 116 cm³/mol. The minimum Gasteiger partial charge on any atom is -0.496 e. The first-order valence-electron chi connectivity index (χ1n) is 8.33. The van der Waals surface area contributed by atoms with Gasteiger partial charge >= 0.3 is 0 Å². The molecule has 1 atom stereocenters. The minimum atomic E-state index is 0. The zero-order valence-corrected chi connectivity index (χ0v) is 18.4. The fourth-order valence-electron chi connectivity index (χ4n) is 2.61. The van der Waals surface area contributed by atoms with Gasteiger partial charge in [-0.1, -0.05) is 12.1 Å². The van der Waals surface area contributed by atoms with Gasteiger partial charge in [0.25, 0.3) is 0 Å². The Morgan fingerprint density at radius 1 is 1.27 bits per heavy atom. The number of rotatable bonds is 7. The Hall–Kier alpha value is -1.74. The van der Waals surface area contributed by atoms with Crippen molar-refractivity contribution in [1.82, 2.24) is 15.5 Å². The smallest absolute Gasteiger partial charge is 0.191 e. The summed E-state index contributed by atoms with van der Waals surface area (Å²) in [5, 5.41) is 6.68. The van der Waals surface area contributed by atoms with E-state index in [-0.39, 0.29) is 30.0 Å². The quantitative estimate of drug-likeness (QED) is 0.368. The van der Waals surface area contributed by atoms with Crippen LogP contribution in [-0.2, 0) is 6.54 Å². The second kappa shape index (κ2) is 11.1. The summed E-state index contributed by atoms with van der Waals surface area (Å²) in [5.74, 6) is 2.54. The number of benzene rings is 1. The molecule has 1 unspecified atom stereocenters. The van der Waals surface area contributed by atoms with E-state index in [9.17, 15) is 0 Å². The van der Waals surface area contributed by atoms with Gasteiger partial charge in [0.15, 0.2) is 5.96 Å². The van der Waals surface area contributed by atoms with E-state index >= 15 is 0 Å². The first kappa shape index (κ1) is 22.3. The SMILES string of the molecule is CN=C(NCc1ccc(C)cc1OC)NCC(c1ccco1)N(C)C.I. The van der Waals surface area contributed by atoms with E-state index in [4.69, 9.17) is 9.15 Å². The summed E-state index contributed by atoms with van der Waals surface area (Å²) in [7, 11) is 7.51. The molecule has 0 spiro atoms. The van der Waals surface area contributed by atoms with Gasteiger partial charge < -0.3 is 19.8 Å². The van der Waals surface area contributed by atoms with Crippen molar-refractivity contribution in [2.24, 2.45) is 4.99 Å². The number of guanidine groups is 1. The van der Waals surface area contributed by atoms with Crippen LogP contribution in [0, 0.1) is 6.92 Å². The van der Waals surface area contributed by atoms with Gasteiger partial charge in [-0.15, -0.1) is 24.0 Å². The van der Waals surface area contributed by atoms with Crippen LogP contribution in [0.25, 0.3) is 0 Å². The fraction of sp³-hybridized carbons (Fsp3) is 0.421. The number of methoxy groups -OCH3 is 1. The maximum Gasteiger partial charge on any atom is 0.191 e. The zero-order valence-electron chi connectivity index (χ0n) is 16.1. The average Bonchev–Trinajstić information content (AvgIpc) is 3.12. The van der Waals surface area contributed by atoms with E-state index in [1.807, 2.05) is 32.3 Å². The van der Waals surface area contributed by atoms with E-state index in [1.54, 1.807) is 20.4 Å². The Balaban J connectivity index is 0.00000338. The minimum absolute atomic E-state index is 0. The summed E-state index contributed by atoms with van der Waals surface area (Å²) in [5.41, 5.74) is 2.27. The molecule has 1 aromatic carbocycles. The molecule has 0 bridgehead atoms. The van der Waals surface area contributed by atoms with Crippen LogP contribution >= 0.6 is 24.0 Å².